The third-order valence-electron chi connectivity index (χ3n) is 3.67. The van der Waals surface area contributed by atoms with Crippen LogP contribution in [0.5, 0.6) is 0 Å². The van der Waals surface area contributed by atoms with Crippen LogP contribution in [0.3, 0.4) is 0 Å². The van der Waals surface area contributed by atoms with Crippen molar-refractivity contribution in [1.82, 2.24) is 10.2 Å². The number of nitrogens with zero attached hydrogens (tertiary/aromatic N) is 1. The zero-order chi connectivity index (χ0) is 15.3. The van der Waals surface area contributed by atoms with Gasteiger partial charge in [0.05, 0.1) is 4.90 Å². The number of hydrogen-bond donors (Lipinski definition) is 1. The van der Waals surface area contributed by atoms with E-state index in [9.17, 15) is 13.2 Å². The van der Waals surface area contributed by atoms with Crippen LogP contribution < -0.4 is 5.32 Å². The molecule has 6 heteroatoms. The number of carbonyl (C=O) groups is 1. The largest absolute Gasteiger partial charge is 0.341 e. The van der Waals surface area contributed by atoms with Crippen LogP contribution in [0.4, 0.5) is 0 Å². The summed E-state index contributed by atoms with van der Waals surface area (Å²) in [7, 11) is -3.15. The molecule has 1 fully saturated rings. The van der Waals surface area contributed by atoms with Crippen LogP contribution in [0, 0.1) is 0 Å². The second kappa shape index (κ2) is 7.04. The summed E-state index contributed by atoms with van der Waals surface area (Å²) in [4.78, 5) is 14.4. The molecule has 2 rings (SSSR count). The Morgan fingerprint density at radius 1 is 1.19 bits per heavy atom. The Labute approximate surface area is 126 Å². The maximum absolute atomic E-state index is 12.2. The maximum Gasteiger partial charge on any atom is 0.222 e. The SMILES string of the molecule is CS(=O)(=O)c1ccc(CCC(=O)N2CCCNCC2)cc1. The molecule has 116 valence electrons. The number of rotatable bonds is 4. The van der Waals surface area contributed by atoms with Gasteiger partial charge in [-0.25, -0.2) is 8.42 Å². The number of hydrogen-bond acceptors (Lipinski definition) is 4. The van der Waals surface area contributed by atoms with Gasteiger partial charge >= 0.3 is 0 Å². The van der Waals surface area contributed by atoms with Crippen LogP contribution in [0.15, 0.2) is 29.2 Å². The van der Waals surface area contributed by atoms with Gasteiger partial charge in [-0.05, 0) is 37.1 Å². The molecule has 0 atom stereocenters. The topological polar surface area (TPSA) is 66.5 Å². The van der Waals surface area contributed by atoms with Crippen LogP contribution in [0.2, 0.25) is 0 Å². The zero-order valence-corrected chi connectivity index (χ0v) is 13.2. The van der Waals surface area contributed by atoms with Gasteiger partial charge in [-0.2, -0.15) is 0 Å². The molecule has 1 aliphatic rings. The molecule has 1 aromatic carbocycles. The summed E-state index contributed by atoms with van der Waals surface area (Å²) in [5.74, 6) is 0.172. The van der Waals surface area contributed by atoms with Crippen molar-refractivity contribution in [3.05, 3.63) is 29.8 Å². The minimum Gasteiger partial charge on any atom is -0.341 e. The van der Waals surface area contributed by atoms with Crippen LogP contribution in [0.1, 0.15) is 18.4 Å². The molecule has 1 aromatic rings. The lowest BCUT2D eigenvalue weighted by atomic mass is 10.1. The van der Waals surface area contributed by atoms with Crippen molar-refractivity contribution in [3.63, 3.8) is 0 Å². The summed E-state index contributed by atoms with van der Waals surface area (Å²) < 4.78 is 22.8. The summed E-state index contributed by atoms with van der Waals surface area (Å²) in [6.45, 7) is 3.41. The molecule has 21 heavy (non-hydrogen) atoms. The highest BCUT2D eigenvalue weighted by Gasteiger charge is 2.15. The predicted octanol–water partition coefficient (Wildman–Crippen LogP) is 0.845. The Morgan fingerprint density at radius 3 is 2.57 bits per heavy atom. The first-order chi connectivity index (χ1) is 9.97. The van der Waals surface area contributed by atoms with Crippen molar-refractivity contribution in [2.75, 3.05) is 32.4 Å². The second-order valence-electron chi connectivity index (χ2n) is 5.40. The molecular weight excluding hydrogens is 288 g/mol. The molecule has 5 nitrogen and oxygen atoms in total. The average molecular weight is 310 g/mol. The molecule has 1 saturated heterocycles. The van der Waals surface area contributed by atoms with Crippen LogP contribution in [0.25, 0.3) is 0 Å². The molecule has 0 radical (unpaired) electrons. The Hall–Kier alpha value is -1.40. The standard InChI is InChI=1S/C15H22N2O3S/c1-21(19,20)14-6-3-13(4-7-14)5-8-15(18)17-11-2-9-16-10-12-17/h3-4,6-7,16H,2,5,8-12H2,1H3. The van der Waals surface area contributed by atoms with Crippen LogP contribution >= 0.6 is 0 Å². The highest BCUT2D eigenvalue weighted by Crippen LogP contribution is 2.12. The molecule has 0 unspecified atom stereocenters. The number of carbonyl (C=O) groups excluding carboxylic acids is 1. The number of aryl methyl sites for hydroxylation is 1. The fourth-order valence-electron chi connectivity index (χ4n) is 2.41. The first-order valence-corrected chi connectivity index (χ1v) is 9.13. The first kappa shape index (κ1) is 16.0. The molecule has 1 N–H and O–H groups in total. The monoisotopic (exact) mass is 310 g/mol. The lowest BCUT2D eigenvalue weighted by Gasteiger charge is -2.19. The van der Waals surface area contributed by atoms with Gasteiger partial charge in [-0.1, -0.05) is 12.1 Å². The van der Waals surface area contributed by atoms with Crippen molar-refractivity contribution < 1.29 is 13.2 Å². The van der Waals surface area contributed by atoms with E-state index in [2.05, 4.69) is 5.32 Å². The molecule has 0 aliphatic carbocycles. The van der Waals surface area contributed by atoms with E-state index in [4.69, 9.17) is 0 Å². The van der Waals surface area contributed by atoms with Crippen molar-refractivity contribution in [2.24, 2.45) is 0 Å². The number of benzene rings is 1. The van der Waals surface area contributed by atoms with Gasteiger partial charge in [0, 0.05) is 32.3 Å². The number of amides is 1. The van der Waals surface area contributed by atoms with E-state index in [0.717, 1.165) is 38.2 Å². The molecule has 0 spiro atoms. The van der Waals surface area contributed by atoms with E-state index in [-0.39, 0.29) is 5.91 Å². The first-order valence-electron chi connectivity index (χ1n) is 7.24. The lowest BCUT2D eigenvalue weighted by molar-refractivity contribution is -0.130. The summed E-state index contributed by atoms with van der Waals surface area (Å²) in [6, 6.07) is 6.78. The minimum atomic E-state index is -3.15. The molecule has 1 amide bonds. The molecular formula is C15H22N2O3S. The summed E-state index contributed by atoms with van der Waals surface area (Å²) in [5, 5.41) is 3.28. The Kier molecular flexibility index (Phi) is 5.36. The van der Waals surface area contributed by atoms with Crippen molar-refractivity contribution >= 4 is 15.7 Å². The summed E-state index contributed by atoms with van der Waals surface area (Å²) in [5.41, 5.74) is 0.990. The maximum atomic E-state index is 12.2. The molecule has 0 aromatic heterocycles. The predicted molar refractivity (Wildman–Crippen MR) is 81.9 cm³/mol. The summed E-state index contributed by atoms with van der Waals surface area (Å²) >= 11 is 0. The van der Waals surface area contributed by atoms with Gasteiger partial charge < -0.3 is 10.2 Å². The minimum absolute atomic E-state index is 0.172. The molecule has 0 saturated carbocycles. The second-order valence-corrected chi connectivity index (χ2v) is 7.42. The number of sulfone groups is 1. The van der Waals surface area contributed by atoms with Gasteiger partial charge in [-0.15, -0.1) is 0 Å². The van der Waals surface area contributed by atoms with Crippen molar-refractivity contribution in [1.29, 1.82) is 0 Å². The Balaban J connectivity index is 1.89. The van der Waals surface area contributed by atoms with E-state index in [1.807, 2.05) is 4.90 Å². The van der Waals surface area contributed by atoms with E-state index >= 15 is 0 Å². The smallest absolute Gasteiger partial charge is 0.222 e. The van der Waals surface area contributed by atoms with E-state index in [1.165, 1.54) is 6.26 Å². The fraction of sp³-hybridized carbons (Fsp3) is 0.533. The third kappa shape index (κ3) is 4.82. The molecule has 1 heterocycles. The quantitative estimate of drug-likeness (QED) is 0.895. The Morgan fingerprint density at radius 2 is 1.90 bits per heavy atom. The van der Waals surface area contributed by atoms with Gasteiger partial charge in [0.2, 0.25) is 5.91 Å². The zero-order valence-electron chi connectivity index (χ0n) is 12.3. The average Bonchev–Trinajstić information content (AvgIpc) is 2.73. The van der Waals surface area contributed by atoms with Crippen LogP contribution in [-0.2, 0) is 21.1 Å². The number of nitrogens with one attached hydrogen (secondary N) is 1. The molecule has 0 bridgehead atoms. The lowest BCUT2D eigenvalue weighted by Crippen LogP contribution is -2.34. The van der Waals surface area contributed by atoms with E-state index in [0.29, 0.717) is 17.7 Å². The molecule has 1 aliphatic heterocycles. The van der Waals surface area contributed by atoms with Gasteiger partial charge in [0.25, 0.3) is 0 Å². The van der Waals surface area contributed by atoms with E-state index in [1.54, 1.807) is 24.3 Å². The van der Waals surface area contributed by atoms with E-state index < -0.39 is 9.84 Å². The van der Waals surface area contributed by atoms with Crippen LogP contribution in [-0.4, -0.2) is 51.7 Å². The van der Waals surface area contributed by atoms with Gasteiger partial charge in [0.1, 0.15) is 0 Å². The third-order valence-corrected chi connectivity index (χ3v) is 4.80. The van der Waals surface area contributed by atoms with Crippen molar-refractivity contribution in [3.8, 4) is 0 Å². The Bertz CT molecular complexity index is 573. The highest BCUT2D eigenvalue weighted by molar-refractivity contribution is 7.90. The van der Waals surface area contributed by atoms with Gasteiger partial charge in [-0.3, -0.25) is 4.79 Å². The normalized spacial score (nSPS) is 16.5. The van der Waals surface area contributed by atoms with Gasteiger partial charge in [0.15, 0.2) is 9.84 Å². The summed E-state index contributed by atoms with van der Waals surface area (Å²) in [6.07, 6.45) is 3.30. The fourth-order valence-corrected chi connectivity index (χ4v) is 3.04. The van der Waals surface area contributed by atoms with Crippen molar-refractivity contribution in [2.45, 2.75) is 24.2 Å². The highest BCUT2D eigenvalue weighted by atomic mass is 32.2.